The van der Waals surface area contributed by atoms with Crippen molar-refractivity contribution in [3.05, 3.63) is 18.0 Å². The maximum absolute atomic E-state index is 12.8. The minimum absolute atomic E-state index is 0.0402. The van der Waals surface area contributed by atoms with Gasteiger partial charge >= 0.3 is 0 Å². The molecule has 1 fully saturated rings. The SMILES string of the molecule is CN(C)c1noc(C2CC=CCC2C(=O)N2CCOCC2)n1. The molecule has 7 heteroatoms. The van der Waals surface area contributed by atoms with Gasteiger partial charge in [0.15, 0.2) is 0 Å². The first-order valence-corrected chi connectivity index (χ1v) is 7.69. The summed E-state index contributed by atoms with van der Waals surface area (Å²) < 4.78 is 10.7. The Labute approximate surface area is 129 Å². The van der Waals surface area contributed by atoms with E-state index < -0.39 is 0 Å². The Morgan fingerprint density at radius 2 is 2.00 bits per heavy atom. The van der Waals surface area contributed by atoms with Crippen molar-refractivity contribution in [2.24, 2.45) is 5.92 Å². The maximum Gasteiger partial charge on any atom is 0.265 e. The van der Waals surface area contributed by atoms with Gasteiger partial charge in [-0.2, -0.15) is 4.98 Å². The van der Waals surface area contributed by atoms with Crippen LogP contribution in [0.25, 0.3) is 0 Å². The molecule has 2 aliphatic rings. The molecule has 2 unspecified atom stereocenters. The molecule has 22 heavy (non-hydrogen) atoms. The molecule has 1 aromatic heterocycles. The molecule has 0 radical (unpaired) electrons. The molecule has 2 atom stereocenters. The van der Waals surface area contributed by atoms with Gasteiger partial charge in [-0.15, -0.1) is 0 Å². The summed E-state index contributed by atoms with van der Waals surface area (Å²) in [5.74, 6) is 1.10. The Bertz CT molecular complexity index is 549. The topological polar surface area (TPSA) is 71.7 Å². The summed E-state index contributed by atoms with van der Waals surface area (Å²) in [4.78, 5) is 20.9. The van der Waals surface area contributed by atoms with Crippen molar-refractivity contribution in [1.82, 2.24) is 15.0 Å². The highest BCUT2D eigenvalue weighted by molar-refractivity contribution is 5.80. The molecule has 1 aliphatic heterocycles. The van der Waals surface area contributed by atoms with Crippen LogP contribution < -0.4 is 4.90 Å². The van der Waals surface area contributed by atoms with E-state index in [2.05, 4.69) is 22.3 Å². The van der Waals surface area contributed by atoms with Crippen molar-refractivity contribution in [2.45, 2.75) is 18.8 Å². The van der Waals surface area contributed by atoms with Crippen molar-refractivity contribution in [1.29, 1.82) is 0 Å². The van der Waals surface area contributed by atoms with Crippen LogP contribution in [0, 0.1) is 5.92 Å². The Morgan fingerprint density at radius 1 is 1.27 bits per heavy atom. The fourth-order valence-electron chi connectivity index (χ4n) is 2.94. The van der Waals surface area contributed by atoms with E-state index >= 15 is 0 Å². The summed E-state index contributed by atoms with van der Waals surface area (Å²) in [6.45, 7) is 2.56. The van der Waals surface area contributed by atoms with Gasteiger partial charge < -0.3 is 19.1 Å². The number of aromatic nitrogens is 2. The van der Waals surface area contributed by atoms with Crippen LogP contribution in [0.3, 0.4) is 0 Å². The van der Waals surface area contributed by atoms with E-state index in [0.717, 1.165) is 12.8 Å². The first kappa shape index (κ1) is 15.0. The molecule has 1 saturated heterocycles. The van der Waals surface area contributed by atoms with E-state index in [1.54, 1.807) is 4.90 Å². The minimum atomic E-state index is -0.126. The molecule has 0 bridgehead atoms. The Hall–Kier alpha value is -1.89. The van der Waals surface area contributed by atoms with Crippen molar-refractivity contribution < 1.29 is 14.1 Å². The van der Waals surface area contributed by atoms with Crippen molar-refractivity contribution >= 4 is 11.9 Å². The van der Waals surface area contributed by atoms with Gasteiger partial charge in [-0.05, 0) is 18.0 Å². The van der Waals surface area contributed by atoms with Crippen LogP contribution in [0.4, 0.5) is 5.95 Å². The highest BCUT2D eigenvalue weighted by atomic mass is 16.5. The Morgan fingerprint density at radius 3 is 2.68 bits per heavy atom. The number of hydrogen-bond acceptors (Lipinski definition) is 6. The van der Waals surface area contributed by atoms with E-state index in [9.17, 15) is 4.79 Å². The highest BCUT2D eigenvalue weighted by Gasteiger charge is 2.36. The number of nitrogens with zero attached hydrogens (tertiary/aromatic N) is 4. The third-order valence-electron chi connectivity index (χ3n) is 4.22. The van der Waals surface area contributed by atoms with Crippen LogP contribution in [0.5, 0.6) is 0 Å². The van der Waals surface area contributed by atoms with Crippen LogP contribution >= 0.6 is 0 Å². The normalized spacial score (nSPS) is 25.3. The average Bonchev–Trinajstić information content (AvgIpc) is 3.05. The van der Waals surface area contributed by atoms with E-state index in [-0.39, 0.29) is 17.7 Å². The zero-order chi connectivity index (χ0) is 15.5. The molecule has 1 aromatic rings. The number of anilines is 1. The van der Waals surface area contributed by atoms with Crippen molar-refractivity contribution in [3.63, 3.8) is 0 Å². The highest BCUT2D eigenvalue weighted by Crippen LogP contribution is 2.35. The number of morpholine rings is 1. The fraction of sp³-hybridized carbons (Fsp3) is 0.667. The van der Waals surface area contributed by atoms with Gasteiger partial charge in [-0.25, -0.2) is 0 Å². The van der Waals surface area contributed by atoms with Gasteiger partial charge in [0.1, 0.15) is 0 Å². The van der Waals surface area contributed by atoms with Gasteiger partial charge in [0.05, 0.1) is 25.0 Å². The molecular formula is C15H22N4O3. The molecule has 0 N–H and O–H groups in total. The smallest absolute Gasteiger partial charge is 0.265 e. The standard InChI is InChI=1S/C15H22N4O3/c1-18(2)15-16-13(22-17-15)11-5-3-4-6-12(11)14(20)19-7-9-21-10-8-19/h3-4,11-12H,5-10H2,1-2H3. The second kappa shape index (κ2) is 6.48. The van der Waals surface area contributed by atoms with Crippen LogP contribution in [0.1, 0.15) is 24.7 Å². The van der Waals surface area contributed by atoms with Gasteiger partial charge in [0.2, 0.25) is 11.8 Å². The lowest BCUT2D eigenvalue weighted by molar-refractivity contribution is -0.140. The predicted molar refractivity (Wildman–Crippen MR) is 80.6 cm³/mol. The van der Waals surface area contributed by atoms with Gasteiger partial charge in [-0.1, -0.05) is 12.2 Å². The molecule has 1 aliphatic carbocycles. The quantitative estimate of drug-likeness (QED) is 0.777. The van der Waals surface area contributed by atoms with E-state index in [1.165, 1.54) is 0 Å². The molecule has 3 rings (SSSR count). The largest absolute Gasteiger partial charge is 0.378 e. The van der Waals surface area contributed by atoms with Crippen molar-refractivity contribution in [3.8, 4) is 0 Å². The zero-order valence-corrected chi connectivity index (χ0v) is 13.1. The number of rotatable bonds is 3. The first-order valence-electron chi connectivity index (χ1n) is 7.69. The fourth-order valence-corrected chi connectivity index (χ4v) is 2.94. The summed E-state index contributed by atoms with van der Waals surface area (Å²) in [7, 11) is 3.73. The maximum atomic E-state index is 12.8. The summed E-state index contributed by atoms with van der Waals surface area (Å²) >= 11 is 0. The van der Waals surface area contributed by atoms with Crippen molar-refractivity contribution in [2.75, 3.05) is 45.3 Å². The number of hydrogen-bond donors (Lipinski definition) is 0. The third-order valence-corrected chi connectivity index (χ3v) is 4.22. The monoisotopic (exact) mass is 306 g/mol. The second-order valence-electron chi connectivity index (χ2n) is 5.92. The Kier molecular flexibility index (Phi) is 4.42. The number of allylic oxidation sites excluding steroid dienone is 2. The third kappa shape index (κ3) is 2.99. The summed E-state index contributed by atoms with van der Waals surface area (Å²) in [6.07, 6.45) is 5.65. The van der Waals surface area contributed by atoms with Crippen LogP contribution in [0.15, 0.2) is 16.7 Å². The minimum Gasteiger partial charge on any atom is -0.378 e. The predicted octanol–water partition coefficient (Wildman–Crippen LogP) is 1.04. The molecule has 0 saturated carbocycles. The number of carbonyl (C=O) groups is 1. The van der Waals surface area contributed by atoms with Gasteiger partial charge in [0.25, 0.3) is 5.95 Å². The summed E-state index contributed by atoms with van der Waals surface area (Å²) in [5.41, 5.74) is 0. The molecule has 0 aromatic carbocycles. The zero-order valence-electron chi connectivity index (χ0n) is 13.1. The van der Waals surface area contributed by atoms with Gasteiger partial charge in [0, 0.05) is 27.2 Å². The van der Waals surface area contributed by atoms with Crippen LogP contribution in [0.2, 0.25) is 0 Å². The van der Waals surface area contributed by atoms with Crippen LogP contribution in [-0.4, -0.2) is 61.3 Å². The molecule has 1 amide bonds. The summed E-state index contributed by atoms with van der Waals surface area (Å²) in [5, 5.41) is 3.97. The Balaban J connectivity index is 1.78. The van der Waals surface area contributed by atoms with E-state index in [4.69, 9.17) is 9.26 Å². The lowest BCUT2D eigenvalue weighted by Crippen LogP contribution is -2.45. The lowest BCUT2D eigenvalue weighted by atomic mass is 9.82. The van der Waals surface area contributed by atoms with E-state index in [1.807, 2.05) is 19.0 Å². The molecule has 120 valence electrons. The lowest BCUT2D eigenvalue weighted by Gasteiger charge is -2.33. The molecular weight excluding hydrogens is 284 g/mol. The molecule has 0 spiro atoms. The number of amides is 1. The van der Waals surface area contributed by atoms with E-state index in [0.29, 0.717) is 38.1 Å². The van der Waals surface area contributed by atoms with Gasteiger partial charge in [-0.3, -0.25) is 4.79 Å². The first-order chi connectivity index (χ1) is 10.7. The van der Waals surface area contributed by atoms with Crippen LogP contribution in [-0.2, 0) is 9.53 Å². The molecule has 2 heterocycles. The average molecular weight is 306 g/mol. The number of ether oxygens (including phenoxy) is 1. The summed E-state index contributed by atoms with van der Waals surface area (Å²) in [6, 6.07) is 0. The molecule has 7 nitrogen and oxygen atoms in total. The number of carbonyl (C=O) groups excluding carboxylic acids is 1. The second-order valence-corrected chi connectivity index (χ2v) is 5.92.